The number of nitrogens with zero attached hydrogens (tertiary/aromatic N) is 1. The molecule has 2 saturated heterocycles. The molecule has 6 nitrogen and oxygen atoms in total. The van der Waals surface area contributed by atoms with Gasteiger partial charge in [-0.25, -0.2) is 0 Å². The van der Waals surface area contributed by atoms with Gasteiger partial charge in [-0.2, -0.15) is 8.42 Å². The van der Waals surface area contributed by atoms with Crippen molar-refractivity contribution in [2.24, 2.45) is 0 Å². The summed E-state index contributed by atoms with van der Waals surface area (Å²) in [7, 11) is 0.440. The van der Waals surface area contributed by atoms with Gasteiger partial charge in [0.15, 0.2) is 0 Å². The molecule has 0 bridgehead atoms. The Hall–Kier alpha value is -0.210. The van der Waals surface area contributed by atoms with E-state index in [1.54, 1.807) is 0 Å². The molecule has 7 heteroatoms. The van der Waals surface area contributed by atoms with E-state index >= 15 is 0 Å². The first kappa shape index (κ1) is 12.3. The van der Waals surface area contributed by atoms with E-state index in [4.69, 9.17) is 13.7 Å². The summed E-state index contributed by atoms with van der Waals surface area (Å²) in [6, 6.07) is 0.165. The van der Waals surface area contributed by atoms with Crippen molar-refractivity contribution in [1.29, 1.82) is 0 Å². The molecule has 0 aliphatic carbocycles. The van der Waals surface area contributed by atoms with Crippen LogP contribution >= 0.6 is 0 Å². The van der Waals surface area contributed by atoms with Crippen LogP contribution < -0.4 is 0 Å². The Morgan fingerprint density at radius 3 is 2.38 bits per heavy atom. The van der Waals surface area contributed by atoms with Gasteiger partial charge >= 0.3 is 0 Å². The zero-order valence-corrected chi connectivity index (χ0v) is 10.4. The molecule has 2 fully saturated rings. The predicted molar refractivity (Wildman–Crippen MR) is 56.7 cm³/mol. The van der Waals surface area contributed by atoms with Crippen LogP contribution in [0, 0.1) is 0 Å². The zero-order chi connectivity index (χ0) is 11.9. The lowest BCUT2D eigenvalue weighted by Crippen LogP contribution is -2.40. The molecule has 0 radical (unpaired) electrons. The lowest BCUT2D eigenvalue weighted by Gasteiger charge is -2.22. The van der Waals surface area contributed by atoms with Crippen molar-refractivity contribution in [1.82, 2.24) is 4.90 Å². The van der Waals surface area contributed by atoms with E-state index in [1.165, 1.54) is 0 Å². The molecule has 2 rings (SSSR count). The quantitative estimate of drug-likeness (QED) is 0.603. The smallest absolute Gasteiger partial charge is 0.264 e. The van der Waals surface area contributed by atoms with Crippen LogP contribution in [0.3, 0.4) is 0 Å². The minimum absolute atomic E-state index is 0.0956. The molecule has 4 atom stereocenters. The zero-order valence-electron chi connectivity index (χ0n) is 9.62. The van der Waals surface area contributed by atoms with Crippen LogP contribution in [0.4, 0.5) is 0 Å². The van der Waals surface area contributed by atoms with Crippen molar-refractivity contribution in [2.45, 2.75) is 24.4 Å². The first-order valence-electron chi connectivity index (χ1n) is 5.16. The fourth-order valence-electron chi connectivity index (χ4n) is 2.19. The third kappa shape index (κ3) is 2.38. The number of ether oxygens (including phenoxy) is 2. The molecular formula is C9H17NO5S. The van der Waals surface area contributed by atoms with Crippen molar-refractivity contribution in [2.75, 3.05) is 33.6 Å². The second-order valence-corrected chi connectivity index (χ2v) is 6.07. The van der Waals surface area contributed by atoms with E-state index in [0.29, 0.717) is 6.61 Å². The van der Waals surface area contributed by atoms with Crippen LogP contribution in [0.5, 0.6) is 0 Å². The molecule has 0 N–H and O–H groups in total. The van der Waals surface area contributed by atoms with Crippen molar-refractivity contribution < 1.29 is 22.1 Å². The Bertz CT molecular complexity index is 355. The number of likely N-dealkylation sites (N-methyl/N-ethyl adjacent to an activating group) is 1. The maximum absolute atomic E-state index is 11.0. The monoisotopic (exact) mass is 251 g/mol. The first-order valence-corrected chi connectivity index (χ1v) is 6.98. The lowest BCUT2D eigenvalue weighted by atomic mass is 10.1. The first-order chi connectivity index (χ1) is 7.38. The normalized spacial score (nSPS) is 39.2. The summed E-state index contributed by atoms with van der Waals surface area (Å²) < 4.78 is 38.1. The molecule has 0 unspecified atom stereocenters. The molecule has 94 valence electrons. The lowest BCUT2D eigenvalue weighted by molar-refractivity contribution is 0.0315. The van der Waals surface area contributed by atoms with Crippen LogP contribution in [0.15, 0.2) is 0 Å². The SMILES string of the molecule is CN(C)[C@@H]1CO[C@@H]2[C@@H]1OC[C@@H]2OS(C)(=O)=O. The summed E-state index contributed by atoms with van der Waals surface area (Å²) in [6.45, 7) is 0.818. The fraction of sp³-hybridized carbons (Fsp3) is 1.00. The van der Waals surface area contributed by atoms with E-state index in [2.05, 4.69) is 0 Å². The molecule has 0 amide bonds. The van der Waals surface area contributed by atoms with Gasteiger partial charge in [0.1, 0.15) is 18.3 Å². The summed E-state index contributed by atoms with van der Waals surface area (Å²) in [4.78, 5) is 2.02. The highest BCUT2D eigenvalue weighted by atomic mass is 32.2. The topological polar surface area (TPSA) is 65.1 Å². The van der Waals surface area contributed by atoms with Gasteiger partial charge in [-0.05, 0) is 14.1 Å². The minimum Gasteiger partial charge on any atom is -0.371 e. The van der Waals surface area contributed by atoms with Gasteiger partial charge < -0.3 is 14.4 Å². The van der Waals surface area contributed by atoms with Gasteiger partial charge in [0, 0.05) is 0 Å². The number of hydrogen-bond donors (Lipinski definition) is 0. The summed E-state index contributed by atoms with van der Waals surface area (Å²) in [5, 5.41) is 0. The number of fused-ring (bicyclic) bond motifs is 1. The van der Waals surface area contributed by atoms with E-state index in [-0.39, 0.29) is 24.9 Å². The summed E-state index contributed by atoms with van der Waals surface area (Å²) >= 11 is 0. The Balaban J connectivity index is 2.03. The molecule has 0 aromatic heterocycles. The van der Waals surface area contributed by atoms with E-state index < -0.39 is 16.2 Å². The van der Waals surface area contributed by atoms with Gasteiger partial charge in [0.05, 0.1) is 25.5 Å². The second kappa shape index (κ2) is 4.23. The highest BCUT2D eigenvalue weighted by Crippen LogP contribution is 2.31. The largest absolute Gasteiger partial charge is 0.371 e. The third-order valence-electron chi connectivity index (χ3n) is 2.94. The molecule has 0 aromatic carbocycles. The Morgan fingerprint density at radius 2 is 1.81 bits per heavy atom. The van der Waals surface area contributed by atoms with E-state index in [0.717, 1.165) is 6.26 Å². The van der Waals surface area contributed by atoms with Crippen LogP contribution in [-0.2, 0) is 23.8 Å². The molecule has 2 heterocycles. The molecule has 2 aliphatic heterocycles. The highest BCUT2D eigenvalue weighted by molar-refractivity contribution is 7.86. The third-order valence-corrected chi connectivity index (χ3v) is 3.54. The molecule has 16 heavy (non-hydrogen) atoms. The fourth-order valence-corrected chi connectivity index (χ4v) is 2.81. The maximum atomic E-state index is 11.0. The van der Waals surface area contributed by atoms with Gasteiger partial charge in [-0.3, -0.25) is 4.18 Å². The number of hydrogen-bond acceptors (Lipinski definition) is 6. The molecule has 0 saturated carbocycles. The molecule has 2 aliphatic rings. The molecule has 0 spiro atoms. The average Bonchev–Trinajstić information content (AvgIpc) is 2.65. The van der Waals surface area contributed by atoms with Gasteiger partial charge in [0.2, 0.25) is 0 Å². The van der Waals surface area contributed by atoms with E-state index in [1.807, 2.05) is 19.0 Å². The van der Waals surface area contributed by atoms with Gasteiger partial charge in [-0.1, -0.05) is 0 Å². The van der Waals surface area contributed by atoms with E-state index in [9.17, 15) is 8.42 Å². The Morgan fingerprint density at radius 1 is 1.19 bits per heavy atom. The van der Waals surface area contributed by atoms with Crippen LogP contribution in [0.25, 0.3) is 0 Å². The Kier molecular flexibility index (Phi) is 3.24. The van der Waals surface area contributed by atoms with Crippen molar-refractivity contribution in [3.05, 3.63) is 0 Å². The van der Waals surface area contributed by atoms with Crippen molar-refractivity contribution >= 4 is 10.1 Å². The summed E-state index contributed by atoms with van der Waals surface area (Å²) in [5.41, 5.74) is 0. The maximum Gasteiger partial charge on any atom is 0.264 e. The Labute approximate surface area is 95.6 Å². The summed E-state index contributed by atoms with van der Waals surface area (Å²) in [5.74, 6) is 0. The molecule has 0 aromatic rings. The van der Waals surface area contributed by atoms with Gasteiger partial charge in [-0.15, -0.1) is 0 Å². The minimum atomic E-state index is -3.46. The average molecular weight is 251 g/mol. The van der Waals surface area contributed by atoms with Crippen LogP contribution in [0.2, 0.25) is 0 Å². The van der Waals surface area contributed by atoms with Crippen LogP contribution in [-0.4, -0.2) is 71.2 Å². The van der Waals surface area contributed by atoms with Gasteiger partial charge in [0.25, 0.3) is 10.1 Å². The highest BCUT2D eigenvalue weighted by Gasteiger charge is 2.49. The van der Waals surface area contributed by atoms with Crippen molar-refractivity contribution in [3.8, 4) is 0 Å². The second-order valence-electron chi connectivity index (χ2n) is 4.47. The molecular weight excluding hydrogens is 234 g/mol. The summed E-state index contributed by atoms with van der Waals surface area (Å²) in [6.07, 6.45) is 0.160. The van der Waals surface area contributed by atoms with Crippen LogP contribution in [0.1, 0.15) is 0 Å². The standard InChI is InChI=1S/C9H17NO5S/c1-10(2)6-4-13-9-7(5-14-8(6)9)15-16(3,11)12/h6-9H,4-5H2,1-3H3/t6-,7+,8-,9+/m1/s1. The predicted octanol–water partition coefficient (Wildman–Crippen LogP) is -0.941. The number of rotatable bonds is 3. The van der Waals surface area contributed by atoms with Crippen molar-refractivity contribution in [3.63, 3.8) is 0 Å².